The zero-order chi connectivity index (χ0) is 20.1. The standard InChI is InChI=1S/C19H15F2N3O3S/c1-28-19-22-10-16(24(19)13-5-3-2-4-6-13)18(26)27-11-17(25)23-12-7-8-14(20)15(21)9-12/h2-10H,11H2,1H3,(H,23,25). The number of aromatic nitrogens is 2. The van der Waals surface area contributed by atoms with E-state index in [1.165, 1.54) is 24.0 Å². The van der Waals surface area contributed by atoms with E-state index >= 15 is 0 Å². The molecule has 6 nitrogen and oxygen atoms in total. The van der Waals surface area contributed by atoms with Crippen molar-refractivity contribution in [3.8, 4) is 5.69 Å². The van der Waals surface area contributed by atoms with Crippen LogP contribution in [0.15, 0.2) is 59.9 Å². The quantitative estimate of drug-likeness (QED) is 0.502. The Morgan fingerprint density at radius 1 is 1.14 bits per heavy atom. The van der Waals surface area contributed by atoms with Crippen molar-refractivity contribution in [2.45, 2.75) is 5.16 Å². The maximum Gasteiger partial charge on any atom is 0.357 e. The van der Waals surface area contributed by atoms with Crippen LogP contribution in [0.25, 0.3) is 5.69 Å². The van der Waals surface area contributed by atoms with Gasteiger partial charge in [-0.05, 0) is 30.5 Å². The zero-order valence-corrected chi connectivity index (χ0v) is 15.5. The summed E-state index contributed by atoms with van der Waals surface area (Å²) in [6.07, 6.45) is 3.20. The SMILES string of the molecule is CSc1ncc(C(=O)OCC(=O)Nc2ccc(F)c(F)c2)n1-c1ccccc1. The van der Waals surface area contributed by atoms with Crippen LogP contribution in [-0.4, -0.2) is 34.3 Å². The number of benzene rings is 2. The Morgan fingerprint density at radius 3 is 2.57 bits per heavy atom. The summed E-state index contributed by atoms with van der Waals surface area (Å²) in [5, 5.41) is 2.92. The highest BCUT2D eigenvalue weighted by molar-refractivity contribution is 7.98. The molecule has 28 heavy (non-hydrogen) atoms. The number of hydrogen-bond acceptors (Lipinski definition) is 5. The highest BCUT2D eigenvalue weighted by Crippen LogP contribution is 2.22. The Kier molecular flexibility index (Phi) is 6.05. The van der Waals surface area contributed by atoms with Gasteiger partial charge in [0, 0.05) is 17.4 Å². The van der Waals surface area contributed by atoms with Crippen molar-refractivity contribution in [2.24, 2.45) is 0 Å². The molecule has 0 aliphatic heterocycles. The molecule has 2 aromatic carbocycles. The number of nitrogens with one attached hydrogen (secondary N) is 1. The van der Waals surface area contributed by atoms with Crippen LogP contribution >= 0.6 is 11.8 Å². The first-order chi connectivity index (χ1) is 13.5. The molecular formula is C19H15F2N3O3S. The zero-order valence-electron chi connectivity index (χ0n) is 14.7. The minimum absolute atomic E-state index is 0.0546. The molecule has 0 saturated heterocycles. The smallest absolute Gasteiger partial charge is 0.357 e. The predicted octanol–water partition coefficient (Wildman–Crippen LogP) is 3.67. The van der Waals surface area contributed by atoms with E-state index in [1.807, 2.05) is 36.6 Å². The summed E-state index contributed by atoms with van der Waals surface area (Å²) in [6.45, 7) is -0.591. The molecule has 144 valence electrons. The molecule has 0 spiro atoms. The van der Waals surface area contributed by atoms with Gasteiger partial charge in [-0.3, -0.25) is 9.36 Å². The van der Waals surface area contributed by atoms with Gasteiger partial charge in [0.15, 0.2) is 29.1 Å². The average Bonchev–Trinajstić information content (AvgIpc) is 3.14. The first kappa shape index (κ1) is 19.6. The number of halogens is 2. The minimum Gasteiger partial charge on any atom is -0.451 e. The third kappa shape index (κ3) is 4.37. The van der Waals surface area contributed by atoms with Gasteiger partial charge in [0.1, 0.15) is 0 Å². The molecule has 0 aliphatic rings. The lowest BCUT2D eigenvalue weighted by molar-refractivity contribution is -0.119. The largest absolute Gasteiger partial charge is 0.451 e. The van der Waals surface area contributed by atoms with Crippen molar-refractivity contribution < 1.29 is 23.1 Å². The molecule has 1 heterocycles. The molecule has 0 atom stereocenters. The number of hydrogen-bond donors (Lipinski definition) is 1. The first-order valence-corrected chi connectivity index (χ1v) is 9.31. The Bertz CT molecular complexity index is 1010. The van der Waals surface area contributed by atoms with Crippen LogP contribution in [0.5, 0.6) is 0 Å². The summed E-state index contributed by atoms with van der Waals surface area (Å²) < 4.78 is 32.8. The van der Waals surface area contributed by atoms with Crippen molar-refractivity contribution in [1.29, 1.82) is 0 Å². The third-order valence-electron chi connectivity index (χ3n) is 3.67. The fourth-order valence-corrected chi connectivity index (χ4v) is 2.97. The Morgan fingerprint density at radius 2 is 1.89 bits per heavy atom. The number of imidazole rings is 1. The number of thioether (sulfide) groups is 1. The van der Waals surface area contributed by atoms with Crippen LogP contribution in [0.4, 0.5) is 14.5 Å². The van der Waals surface area contributed by atoms with Gasteiger partial charge in [-0.1, -0.05) is 30.0 Å². The monoisotopic (exact) mass is 403 g/mol. The van der Waals surface area contributed by atoms with Gasteiger partial charge in [0.05, 0.1) is 6.20 Å². The summed E-state index contributed by atoms with van der Waals surface area (Å²) in [7, 11) is 0. The highest BCUT2D eigenvalue weighted by Gasteiger charge is 2.20. The molecule has 9 heteroatoms. The van der Waals surface area contributed by atoms with Gasteiger partial charge in [0.25, 0.3) is 5.91 Å². The van der Waals surface area contributed by atoms with E-state index in [4.69, 9.17) is 4.74 Å². The molecule has 1 aromatic heterocycles. The van der Waals surface area contributed by atoms with Crippen LogP contribution < -0.4 is 5.32 Å². The molecule has 0 saturated carbocycles. The number of carbonyl (C=O) groups is 2. The topological polar surface area (TPSA) is 73.2 Å². The molecule has 0 radical (unpaired) electrons. The molecule has 1 N–H and O–H groups in total. The van der Waals surface area contributed by atoms with Crippen LogP contribution in [0.3, 0.4) is 0 Å². The van der Waals surface area contributed by atoms with E-state index < -0.39 is 30.1 Å². The van der Waals surface area contributed by atoms with Crippen molar-refractivity contribution in [1.82, 2.24) is 9.55 Å². The van der Waals surface area contributed by atoms with Gasteiger partial charge in [-0.25, -0.2) is 18.6 Å². The summed E-state index contributed by atoms with van der Waals surface area (Å²) in [4.78, 5) is 28.6. The Balaban J connectivity index is 1.69. The number of anilines is 1. The van der Waals surface area contributed by atoms with Gasteiger partial charge >= 0.3 is 5.97 Å². The van der Waals surface area contributed by atoms with Crippen LogP contribution in [0.1, 0.15) is 10.5 Å². The molecule has 3 rings (SSSR count). The minimum atomic E-state index is -1.09. The summed E-state index contributed by atoms with van der Waals surface area (Å²) in [6, 6.07) is 12.0. The molecule has 0 unspecified atom stereocenters. The fraction of sp³-hybridized carbons (Fsp3) is 0.105. The number of ether oxygens (including phenoxy) is 1. The Labute approximate surface area is 163 Å². The molecule has 0 bridgehead atoms. The van der Waals surface area contributed by atoms with Gasteiger partial charge in [0.2, 0.25) is 0 Å². The van der Waals surface area contributed by atoms with E-state index in [2.05, 4.69) is 10.3 Å². The third-order valence-corrected chi connectivity index (χ3v) is 4.33. The maximum atomic E-state index is 13.2. The van der Waals surface area contributed by atoms with E-state index in [0.29, 0.717) is 5.16 Å². The van der Waals surface area contributed by atoms with E-state index in [-0.39, 0.29) is 11.4 Å². The van der Waals surface area contributed by atoms with Crippen LogP contribution in [-0.2, 0) is 9.53 Å². The van der Waals surface area contributed by atoms with Crippen molar-refractivity contribution in [2.75, 3.05) is 18.2 Å². The van der Waals surface area contributed by atoms with Crippen LogP contribution in [0, 0.1) is 11.6 Å². The fourth-order valence-electron chi connectivity index (χ4n) is 2.43. The molecule has 3 aromatic rings. The first-order valence-electron chi connectivity index (χ1n) is 8.08. The maximum absolute atomic E-state index is 13.2. The molecule has 1 amide bonds. The number of rotatable bonds is 6. The van der Waals surface area contributed by atoms with Crippen molar-refractivity contribution >= 4 is 29.3 Å². The lowest BCUT2D eigenvalue weighted by Crippen LogP contribution is -2.22. The van der Waals surface area contributed by atoms with E-state index in [0.717, 1.165) is 17.8 Å². The van der Waals surface area contributed by atoms with E-state index in [9.17, 15) is 18.4 Å². The number of amides is 1. The van der Waals surface area contributed by atoms with Crippen LogP contribution in [0.2, 0.25) is 0 Å². The van der Waals surface area contributed by atoms with E-state index in [1.54, 1.807) is 4.57 Å². The highest BCUT2D eigenvalue weighted by atomic mass is 32.2. The molecule has 0 aliphatic carbocycles. The molecular weight excluding hydrogens is 388 g/mol. The number of para-hydroxylation sites is 1. The summed E-state index contributed by atoms with van der Waals surface area (Å²) in [5.74, 6) is -3.54. The second-order valence-electron chi connectivity index (χ2n) is 5.55. The lowest BCUT2D eigenvalue weighted by atomic mass is 10.3. The second kappa shape index (κ2) is 8.66. The number of esters is 1. The van der Waals surface area contributed by atoms with Gasteiger partial charge in [-0.15, -0.1) is 0 Å². The summed E-state index contributed by atoms with van der Waals surface area (Å²) >= 11 is 1.36. The predicted molar refractivity (Wildman–Crippen MR) is 101 cm³/mol. The van der Waals surface area contributed by atoms with Gasteiger partial charge < -0.3 is 10.1 Å². The Hall–Kier alpha value is -3.20. The number of carbonyl (C=O) groups excluding carboxylic acids is 2. The molecule has 0 fully saturated rings. The lowest BCUT2D eigenvalue weighted by Gasteiger charge is -2.11. The number of nitrogens with zero attached hydrogens (tertiary/aromatic N) is 2. The summed E-state index contributed by atoms with van der Waals surface area (Å²) in [5.41, 5.74) is 0.942. The normalized spacial score (nSPS) is 10.5. The second-order valence-corrected chi connectivity index (χ2v) is 6.33. The van der Waals surface area contributed by atoms with Crippen molar-refractivity contribution in [3.05, 3.63) is 72.1 Å². The average molecular weight is 403 g/mol. The van der Waals surface area contributed by atoms with Crippen molar-refractivity contribution in [3.63, 3.8) is 0 Å². The van der Waals surface area contributed by atoms with Gasteiger partial charge in [-0.2, -0.15) is 0 Å².